The van der Waals surface area contributed by atoms with E-state index in [0.29, 0.717) is 12.3 Å². The van der Waals surface area contributed by atoms with Crippen LogP contribution in [-0.4, -0.2) is 33.8 Å². The lowest BCUT2D eigenvalue weighted by Gasteiger charge is -2.18. The number of benzene rings is 1. The minimum atomic E-state index is -3.52. The first-order valence-electron chi connectivity index (χ1n) is 6.81. The summed E-state index contributed by atoms with van der Waals surface area (Å²) in [7, 11) is -2.02. The largest absolute Gasteiger partial charge is 0.497 e. The SMILES string of the molecule is COc1cccc(S(=O)(=O)NCC2CCCC2CO)c1. The smallest absolute Gasteiger partial charge is 0.240 e. The Morgan fingerprint density at radius 2 is 2.10 bits per heavy atom. The molecule has 6 heteroatoms. The summed E-state index contributed by atoms with van der Waals surface area (Å²) in [6.07, 6.45) is 2.99. The van der Waals surface area contributed by atoms with Crippen LogP contribution in [0.3, 0.4) is 0 Å². The molecule has 1 aromatic carbocycles. The average molecular weight is 299 g/mol. The molecule has 5 nitrogen and oxygen atoms in total. The van der Waals surface area contributed by atoms with E-state index in [0.717, 1.165) is 19.3 Å². The van der Waals surface area contributed by atoms with Crippen LogP contribution in [0.5, 0.6) is 5.75 Å². The van der Waals surface area contributed by atoms with Gasteiger partial charge in [-0.3, -0.25) is 0 Å². The highest BCUT2D eigenvalue weighted by Crippen LogP contribution is 2.31. The summed E-state index contributed by atoms with van der Waals surface area (Å²) >= 11 is 0. The van der Waals surface area contributed by atoms with Gasteiger partial charge in [-0.15, -0.1) is 0 Å². The first kappa shape index (κ1) is 15.3. The molecule has 2 rings (SSSR count). The summed E-state index contributed by atoms with van der Waals surface area (Å²) in [5.74, 6) is 0.949. The van der Waals surface area contributed by atoms with Gasteiger partial charge in [0, 0.05) is 19.2 Å². The van der Waals surface area contributed by atoms with Crippen molar-refractivity contribution < 1.29 is 18.3 Å². The lowest BCUT2D eigenvalue weighted by molar-refractivity contribution is 0.195. The molecular formula is C14H21NO4S. The number of aliphatic hydroxyl groups excluding tert-OH is 1. The van der Waals surface area contributed by atoms with Crippen LogP contribution in [0.15, 0.2) is 29.2 Å². The molecular weight excluding hydrogens is 278 g/mol. The molecule has 0 saturated heterocycles. The van der Waals surface area contributed by atoms with Gasteiger partial charge in [0.25, 0.3) is 0 Å². The van der Waals surface area contributed by atoms with Gasteiger partial charge in [-0.2, -0.15) is 0 Å². The molecule has 0 aromatic heterocycles. The van der Waals surface area contributed by atoms with E-state index in [-0.39, 0.29) is 23.3 Å². The highest BCUT2D eigenvalue weighted by molar-refractivity contribution is 7.89. The minimum absolute atomic E-state index is 0.131. The monoisotopic (exact) mass is 299 g/mol. The molecule has 0 radical (unpaired) electrons. The lowest BCUT2D eigenvalue weighted by Crippen LogP contribution is -2.31. The van der Waals surface area contributed by atoms with Gasteiger partial charge in [0.1, 0.15) is 5.75 Å². The van der Waals surface area contributed by atoms with Crippen LogP contribution in [-0.2, 0) is 10.0 Å². The average Bonchev–Trinajstić information content (AvgIpc) is 2.93. The fourth-order valence-electron chi connectivity index (χ4n) is 2.69. The van der Waals surface area contributed by atoms with Gasteiger partial charge in [-0.25, -0.2) is 13.1 Å². The maximum atomic E-state index is 12.2. The number of hydrogen-bond acceptors (Lipinski definition) is 4. The summed E-state index contributed by atoms with van der Waals surface area (Å²) in [6.45, 7) is 0.510. The molecule has 1 aliphatic rings. The van der Waals surface area contributed by atoms with E-state index in [2.05, 4.69) is 4.72 Å². The standard InChI is InChI=1S/C14H21NO4S/c1-19-13-6-3-7-14(8-13)20(17,18)15-9-11-4-2-5-12(11)10-16/h3,6-8,11-12,15-16H,2,4-5,9-10H2,1H3. The predicted octanol–water partition coefficient (Wildman–Crippen LogP) is 1.38. The van der Waals surface area contributed by atoms with E-state index >= 15 is 0 Å². The molecule has 1 fully saturated rings. The van der Waals surface area contributed by atoms with Crippen molar-refractivity contribution in [1.29, 1.82) is 0 Å². The molecule has 0 bridgehead atoms. The molecule has 0 spiro atoms. The normalized spacial score (nSPS) is 22.9. The molecule has 112 valence electrons. The summed E-state index contributed by atoms with van der Waals surface area (Å²) in [5.41, 5.74) is 0. The van der Waals surface area contributed by atoms with Crippen LogP contribution in [0, 0.1) is 11.8 Å². The fourth-order valence-corrected chi connectivity index (χ4v) is 3.82. The van der Waals surface area contributed by atoms with E-state index < -0.39 is 10.0 Å². The van der Waals surface area contributed by atoms with E-state index in [9.17, 15) is 13.5 Å². The second kappa shape index (κ2) is 6.56. The van der Waals surface area contributed by atoms with Gasteiger partial charge in [0.15, 0.2) is 0 Å². The number of aliphatic hydroxyl groups is 1. The number of methoxy groups -OCH3 is 1. The Hall–Kier alpha value is -1.11. The van der Waals surface area contributed by atoms with Crippen molar-refractivity contribution in [2.45, 2.75) is 24.2 Å². The molecule has 1 aromatic rings. The van der Waals surface area contributed by atoms with Crippen LogP contribution in [0.25, 0.3) is 0 Å². The van der Waals surface area contributed by atoms with Crippen LogP contribution >= 0.6 is 0 Å². The zero-order chi connectivity index (χ0) is 14.6. The van der Waals surface area contributed by atoms with Crippen molar-refractivity contribution in [3.8, 4) is 5.75 Å². The Morgan fingerprint density at radius 3 is 2.80 bits per heavy atom. The summed E-state index contributed by atoms with van der Waals surface area (Å²) in [4.78, 5) is 0.204. The second-order valence-corrected chi connectivity index (χ2v) is 6.93. The Bertz CT molecular complexity index is 544. The summed E-state index contributed by atoms with van der Waals surface area (Å²) in [6, 6.07) is 6.40. The number of sulfonamides is 1. The third kappa shape index (κ3) is 3.50. The van der Waals surface area contributed by atoms with Crippen LogP contribution < -0.4 is 9.46 Å². The van der Waals surface area contributed by atoms with Crippen molar-refractivity contribution in [1.82, 2.24) is 4.72 Å². The lowest BCUT2D eigenvalue weighted by atomic mass is 9.97. The van der Waals surface area contributed by atoms with Crippen LogP contribution in [0.1, 0.15) is 19.3 Å². The van der Waals surface area contributed by atoms with Gasteiger partial charge in [0.2, 0.25) is 10.0 Å². The van der Waals surface area contributed by atoms with Gasteiger partial charge in [0.05, 0.1) is 12.0 Å². The number of nitrogens with one attached hydrogen (secondary N) is 1. The molecule has 0 amide bonds. The van der Waals surface area contributed by atoms with Crippen molar-refractivity contribution in [3.05, 3.63) is 24.3 Å². The van der Waals surface area contributed by atoms with E-state index in [4.69, 9.17) is 4.74 Å². The zero-order valence-corrected chi connectivity index (χ0v) is 12.4. The third-order valence-electron chi connectivity index (χ3n) is 3.94. The highest BCUT2D eigenvalue weighted by Gasteiger charge is 2.28. The third-order valence-corrected chi connectivity index (χ3v) is 5.36. The van der Waals surface area contributed by atoms with Gasteiger partial charge < -0.3 is 9.84 Å². The molecule has 2 atom stereocenters. The van der Waals surface area contributed by atoms with Crippen molar-refractivity contribution in [3.63, 3.8) is 0 Å². The summed E-state index contributed by atoms with van der Waals surface area (Å²) < 4.78 is 32.1. The van der Waals surface area contributed by atoms with Crippen molar-refractivity contribution in [2.24, 2.45) is 11.8 Å². The quantitative estimate of drug-likeness (QED) is 0.832. The molecule has 0 aliphatic heterocycles. The first-order valence-corrected chi connectivity index (χ1v) is 8.29. The van der Waals surface area contributed by atoms with Crippen LogP contribution in [0.2, 0.25) is 0 Å². The van der Waals surface area contributed by atoms with Crippen molar-refractivity contribution >= 4 is 10.0 Å². The molecule has 20 heavy (non-hydrogen) atoms. The van der Waals surface area contributed by atoms with Crippen LogP contribution in [0.4, 0.5) is 0 Å². The molecule has 0 heterocycles. The molecule has 2 N–H and O–H groups in total. The minimum Gasteiger partial charge on any atom is -0.497 e. The van der Waals surface area contributed by atoms with E-state index in [1.165, 1.54) is 13.2 Å². The van der Waals surface area contributed by atoms with Gasteiger partial charge >= 0.3 is 0 Å². The number of hydrogen-bond donors (Lipinski definition) is 2. The van der Waals surface area contributed by atoms with Crippen molar-refractivity contribution in [2.75, 3.05) is 20.3 Å². The van der Waals surface area contributed by atoms with Gasteiger partial charge in [-0.1, -0.05) is 12.5 Å². The van der Waals surface area contributed by atoms with Gasteiger partial charge in [-0.05, 0) is 36.8 Å². The predicted molar refractivity (Wildman–Crippen MR) is 76.1 cm³/mol. The Morgan fingerprint density at radius 1 is 1.35 bits per heavy atom. The Balaban J connectivity index is 2.03. The fraction of sp³-hybridized carbons (Fsp3) is 0.571. The molecule has 1 aliphatic carbocycles. The zero-order valence-electron chi connectivity index (χ0n) is 11.6. The molecule has 2 unspecified atom stereocenters. The topological polar surface area (TPSA) is 75.6 Å². The summed E-state index contributed by atoms with van der Waals surface area (Å²) in [5, 5.41) is 9.26. The highest BCUT2D eigenvalue weighted by atomic mass is 32.2. The Labute approximate surface area is 120 Å². The van der Waals surface area contributed by atoms with E-state index in [1.807, 2.05) is 0 Å². The second-order valence-electron chi connectivity index (χ2n) is 5.16. The maximum absolute atomic E-state index is 12.2. The van der Waals surface area contributed by atoms with E-state index in [1.54, 1.807) is 18.2 Å². The molecule has 1 saturated carbocycles. The number of rotatable bonds is 6. The number of ether oxygens (including phenoxy) is 1. The first-order chi connectivity index (χ1) is 9.56. The Kier molecular flexibility index (Phi) is 5.01. The maximum Gasteiger partial charge on any atom is 0.240 e.